The molecule has 4 rings (SSSR count). The Morgan fingerprint density at radius 3 is 2.71 bits per heavy atom. The molecule has 31 heavy (non-hydrogen) atoms. The third-order valence-corrected chi connectivity index (χ3v) is 7.51. The smallest absolute Gasteiger partial charge is 0.270 e. The maximum Gasteiger partial charge on any atom is 0.270 e. The van der Waals surface area contributed by atoms with E-state index in [-0.39, 0.29) is 10.6 Å². The van der Waals surface area contributed by atoms with Crippen LogP contribution in [-0.2, 0) is 0 Å². The lowest BCUT2D eigenvalue weighted by atomic mass is 9.78. The fourth-order valence-electron chi connectivity index (χ4n) is 4.57. The molecule has 3 aromatic rings. The SMILES string of the molecule is Cc1ccc(C)c(N=c2scc(-c3cccc([N+](=O)[O-])c3)n2C2CCCC(C)C2C)c1. The standard InChI is InChI=1S/C25H29N3O2S/c1-16-11-12-18(3)22(13-16)26-25-27(23-10-5-7-17(2)19(23)4)24(15-31-25)20-8-6-9-21(14-20)28(29)30/h6,8-9,11-15,17,19,23H,5,7,10H2,1-4H3. The molecule has 0 bridgehead atoms. The van der Waals surface area contributed by atoms with Crippen LogP contribution < -0.4 is 4.80 Å². The van der Waals surface area contributed by atoms with Crippen LogP contribution in [0.25, 0.3) is 11.3 Å². The fourth-order valence-corrected chi connectivity index (χ4v) is 5.54. The highest BCUT2D eigenvalue weighted by atomic mass is 32.1. The number of benzene rings is 2. The van der Waals surface area contributed by atoms with Crippen molar-refractivity contribution in [3.05, 3.63) is 73.9 Å². The lowest BCUT2D eigenvalue weighted by Gasteiger charge is -2.36. The van der Waals surface area contributed by atoms with Crippen LogP contribution in [0.2, 0.25) is 0 Å². The number of thiazole rings is 1. The summed E-state index contributed by atoms with van der Waals surface area (Å²) in [7, 11) is 0. The van der Waals surface area contributed by atoms with Gasteiger partial charge in [0.2, 0.25) is 0 Å². The first-order valence-corrected chi connectivity index (χ1v) is 11.8. The van der Waals surface area contributed by atoms with Gasteiger partial charge in [0.15, 0.2) is 4.80 Å². The van der Waals surface area contributed by atoms with Gasteiger partial charge in [-0.2, -0.15) is 0 Å². The molecule has 6 heteroatoms. The second kappa shape index (κ2) is 8.79. The largest absolute Gasteiger partial charge is 0.313 e. The first-order valence-electron chi connectivity index (χ1n) is 10.9. The average Bonchev–Trinajstić information content (AvgIpc) is 3.16. The number of hydrogen-bond donors (Lipinski definition) is 0. The van der Waals surface area contributed by atoms with Gasteiger partial charge in [-0.25, -0.2) is 4.99 Å². The lowest BCUT2D eigenvalue weighted by Crippen LogP contribution is -2.32. The Balaban J connectivity index is 1.93. The normalized spacial score (nSPS) is 21.9. The van der Waals surface area contributed by atoms with Crippen molar-refractivity contribution in [2.24, 2.45) is 16.8 Å². The molecule has 0 aliphatic heterocycles. The van der Waals surface area contributed by atoms with Gasteiger partial charge >= 0.3 is 0 Å². The maximum atomic E-state index is 11.4. The molecule has 162 valence electrons. The van der Waals surface area contributed by atoms with Crippen LogP contribution >= 0.6 is 11.3 Å². The molecule has 1 aromatic heterocycles. The second-order valence-electron chi connectivity index (χ2n) is 8.82. The minimum absolute atomic E-state index is 0.119. The molecule has 1 heterocycles. The summed E-state index contributed by atoms with van der Waals surface area (Å²) in [6.07, 6.45) is 3.54. The number of hydrogen-bond acceptors (Lipinski definition) is 4. The number of aryl methyl sites for hydroxylation is 2. The van der Waals surface area contributed by atoms with Crippen LogP contribution in [0.15, 0.2) is 52.8 Å². The summed E-state index contributed by atoms with van der Waals surface area (Å²) in [4.78, 5) is 17.1. The van der Waals surface area contributed by atoms with Gasteiger partial charge in [-0.1, -0.05) is 51.0 Å². The van der Waals surface area contributed by atoms with Crippen LogP contribution in [0.1, 0.15) is 50.3 Å². The quantitative estimate of drug-likeness (QED) is 0.328. The molecule has 1 aliphatic rings. The number of rotatable bonds is 4. The van der Waals surface area contributed by atoms with Crippen LogP contribution in [-0.4, -0.2) is 9.49 Å². The van der Waals surface area contributed by atoms with E-state index in [0.717, 1.165) is 33.7 Å². The molecule has 0 N–H and O–H groups in total. The lowest BCUT2D eigenvalue weighted by molar-refractivity contribution is -0.384. The van der Waals surface area contributed by atoms with E-state index in [9.17, 15) is 10.1 Å². The highest BCUT2D eigenvalue weighted by molar-refractivity contribution is 7.07. The van der Waals surface area contributed by atoms with Crippen molar-refractivity contribution in [2.45, 2.75) is 53.0 Å². The number of nitro groups is 1. The van der Waals surface area contributed by atoms with Crippen molar-refractivity contribution < 1.29 is 4.92 Å². The van der Waals surface area contributed by atoms with E-state index in [1.54, 1.807) is 29.5 Å². The monoisotopic (exact) mass is 435 g/mol. The highest BCUT2D eigenvalue weighted by Gasteiger charge is 2.30. The minimum Gasteiger partial charge on any atom is -0.313 e. The van der Waals surface area contributed by atoms with Crippen molar-refractivity contribution in [1.29, 1.82) is 0 Å². The average molecular weight is 436 g/mol. The predicted octanol–water partition coefficient (Wildman–Crippen LogP) is 6.97. The predicted molar refractivity (Wildman–Crippen MR) is 127 cm³/mol. The van der Waals surface area contributed by atoms with Crippen molar-refractivity contribution in [3.63, 3.8) is 0 Å². The summed E-state index contributed by atoms with van der Waals surface area (Å²) in [5.74, 6) is 1.15. The molecule has 3 unspecified atom stereocenters. The summed E-state index contributed by atoms with van der Waals surface area (Å²) >= 11 is 1.62. The topological polar surface area (TPSA) is 60.4 Å². The van der Waals surface area contributed by atoms with E-state index < -0.39 is 0 Å². The van der Waals surface area contributed by atoms with Gasteiger partial charge in [0.1, 0.15) is 0 Å². The van der Waals surface area contributed by atoms with Crippen LogP contribution in [0, 0.1) is 35.8 Å². The minimum atomic E-state index is -0.326. The summed E-state index contributed by atoms with van der Waals surface area (Å²) in [5, 5.41) is 13.5. The first-order chi connectivity index (χ1) is 14.8. The van der Waals surface area contributed by atoms with Crippen LogP contribution in [0.5, 0.6) is 0 Å². The zero-order valence-electron chi connectivity index (χ0n) is 18.5. The molecule has 5 nitrogen and oxygen atoms in total. The molecule has 2 aromatic carbocycles. The highest BCUT2D eigenvalue weighted by Crippen LogP contribution is 2.40. The first kappa shape index (κ1) is 21.5. The molecule has 0 amide bonds. The van der Waals surface area contributed by atoms with Gasteiger partial charge in [-0.3, -0.25) is 10.1 Å². The van der Waals surface area contributed by atoms with E-state index in [0.29, 0.717) is 17.9 Å². The Bertz CT molecular complexity index is 1180. The van der Waals surface area contributed by atoms with E-state index in [1.807, 2.05) is 6.07 Å². The summed E-state index contributed by atoms with van der Waals surface area (Å²) < 4.78 is 2.35. The van der Waals surface area contributed by atoms with Gasteiger partial charge in [-0.05, 0) is 49.3 Å². The zero-order valence-corrected chi connectivity index (χ0v) is 19.4. The number of nitrogens with zero attached hydrogens (tertiary/aromatic N) is 3. The van der Waals surface area contributed by atoms with E-state index in [2.05, 4.69) is 55.8 Å². The summed E-state index contributed by atoms with van der Waals surface area (Å²) in [5.41, 5.74) is 5.33. The van der Waals surface area contributed by atoms with E-state index >= 15 is 0 Å². The van der Waals surface area contributed by atoms with Crippen LogP contribution in [0.4, 0.5) is 11.4 Å². The van der Waals surface area contributed by atoms with Gasteiger partial charge < -0.3 is 4.57 Å². The number of nitro benzene ring substituents is 1. The second-order valence-corrected chi connectivity index (χ2v) is 9.65. The molecular weight excluding hydrogens is 406 g/mol. The number of non-ortho nitro benzene ring substituents is 1. The third-order valence-electron chi connectivity index (χ3n) is 6.67. The van der Waals surface area contributed by atoms with Gasteiger partial charge in [-0.15, -0.1) is 11.3 Å². The molecule has 1 aliphatic carbocycles. The molecular formula is C25H29N3O2S. The van der Waals surface area contributed by atoms with Crippen molar-refractivity contribution in [3.8, 4) is 11.3 Å². The van der Waals surface area contributed by atoms with Crippen molar-refractivity contribution >= 4 is 22.7 Å². The van der Waals surface area contributed by atoms with Gasteiger partial charge in [0.25, 0.3) is 5.69 Å². The van der Waals surface area contributed by atoms with Crippen LogP contribution in [0.3, 0.4) is 0 Å². The Labute approximate surface area is 187 Å². The van der Waals surface area contributed by atoms with Crippen molar-refractivity contribution in [1.82, 2.24) is 4.57 Å². The Morgan fingerprint density at radius 1 is 1.13 bits per heavy atom. The maximum absolute atomic E-state index is 11.4. The Hall–Kier alpha value is -2.73. The molecule has 1 saturated carbocycles. The molecule has 0 radical (unpaired) electrons. The van der Waals surface area contributed by atoms with Gasteiger partial charge in [0, 0.05) is 29.1 Å². The molecule has 0 spiro atoms. The Kier molecular flexibility index (Phi) is 6.10. The fraction of sp³-hybridized carbons (Fsp3) is 0.400. The van der Waals surface area contributed by atoms with E-state index in [1.165, 1.54) is 18.4 Å². The van der Waals surface area contributed by atoms with Gasteiger partial charge in [0.05, 0.1) is 16.3 Å². The zero-order chi connectivity index (χ0) is 22.1. The molecule has 1 fully saturated rings. The number of aromatic nitrogens is 1. The molecule has 3 atom stereocenters. The summed E-state index contributed by atoms with van der Waals surface area (Å²) in [6.45, 7) is 8.83. The molecule has 0 saturated heterocycles. The summed E-state index contributed by atoms with van der Waals surface area (Å²) in [6, 6.07) is 13.6. The van der Waals surface area contributed by atoms with Crippen molar-refractivity contribution in [2.75, 3.05) is 0 Å². The Morgan fingerprint density at radius 2 is 1.94 bits per heavy atom. The van der Waals surface area contributed by atoms with E-state index in [4.69, 9.17) is 4.99 Å². The third kappa shape index (κ3) is 4.35.